The van der Waals surface area contributed by atoms with Crippen LogP contribution >= 0.6 is 11.3 Å². The molecule has 2 saturated heterocycles. The van der Waals surface area contributed by atoms with Crippen LogP contribution in [0.1, 0.15) is 48.8 Å². The number of nitriles is 1. The molecule has 2 amide bonds. The average molecular weight is 591 g/mol. The Morgan fingerprint density at radius 2 is 1.69 bits per heavy atom. The number of aliphatic hydroxyl groups excluding tert-OH is 1. The third kappa shape index (κ3) is 6.58. The topological polar surface area (TPSA) is 97.1 Å². The number of hydrogen-bond acceptors (Lipinski definition) is 7. The van der Waals surface area contributed by atoms with E-state index in [0.717, 1.165) is 29.1 Å². The molecule has 0 saturated carbocycles. The Kier molecular flexibility index (Phi) is 8.53. The monoisotopic (exact) mass is 590 g/mol. The summed E-state index contributed by atoms with van der Waals surface area (Å²) in [6.07, 6.45) is 0.651. The summed E-state index contributed by atoms with van der Waals surface area (Å²) in [6, 6.07) is 16.1. The van der Waals surface area contributed by atoms with Crippen molar-refractivity contribution in [2.75, 3.05) is 44.2 Å². The minimum absolute atomic E-state index is 0.0388. The van der Waals surface area contributed by atoms with E-state index in [0.29, 0.717) is 55.1 Å². The second kappa shape index (κ2) is 12.1. The van der Waals surface area contributed by atoms with Gasteiger partial charge < -0.3 is 24.5 Å². The number of benzene rings is 2. The molecular weight excluding hydrogens is 555 g/mol. The minimum Gasteiger partial charge on any atom is -0.444 e. The summed E-state index contributed by atoms with van der Waals surface area (Å²) in [7, 11) is 0. The van der Waals surface area contributed by atoms with Crippen molar-refractivity contribution in [3.05, 3.63) is 64.8 Å². The zero-order valence-electron chi connectivity index (χ0n) is 24.1. The molecule has 8 nitrogen and oxygen atoms in total. The van der Waals surface area contributed by atoms with Gasteiger partial charge in [0.25, 0.3) is 5.91 Å². The molecule has 220 valence electrons. The number of anilines is 1. The molecule has 0 bridgehead atoms. The van der Waals surface area contributed by atoms with E-state index in [1.54, 1.807) is 21.9 Å². The van der Waals surface area contributed by atoms with Crippen LogP contribution in [0.3, 0.4) is 0 Å². The summed E-state index contributed by atoms with van der Waals surface area (Å²) in [6.45, 7) is 8.62. The standard InChI is InChI=1S/C32H35FN4O4S/c1-32(2,3)41-31(40)36-13-4-12-35(15-16-36)30(39)28-18-26(22-5-6-23(19-34)27(33)17-22)29(42-28)21-7-9-24(10-8-21)37-14-11-25(38)20-37/h5-10,17-18,25,38H,4,11-16,20H2,1-3H3/t25-/m1/s1. The first-order valence-corrected chi connectivity index (χ1v) is 15.0. The molecule has 10 heteroatoms. The van der Waals surface area contributed by atoms with Gasteiger partial charge in [-0.05, 0) is 75.1 Å². The molecule has 2 aromatic carbocycles. The van der Waals surface area contributed by atoms with Gasteiger partial charge in [0, 0.05) is 55.4 Å². The van der Waals surface area contributed by atoms with E-state index in [1.165, 1.54) is 23.5 Å². The van der Waals surface area contributed by atoms with Crippen LogP contribution in [0, 0.1) is 17.1 Å². The van der Waals surface area contributed by atoms with Crippen LogP contribution < -0.4 is 4.90 Å². The molecule has 0 spiro atoms. The first-order valence-electron chi connectivity index (χ1n) is 14.2. The number of ether oxygens (including phenoxy) is 1. The minimum atomic E-state index is -0.613. The van der Waals surface area contributed by atoms with E-state index in [4.69, 9.17) is 4.74 Å². The summed E-state index contributed by atoms with van der Waals surface area (Å²) < 4.78 is 20.2. The number of hydrogen-bond donors (Lipinski definition) is 1. The van der Waals surface area contributed by atoms with Crippen molar-refractivity contribution < 1.29 is 23.8 Å². The fraction of sp³-hybridized carbons (Fsp3) is 0.406. The van der Waals surface area contributed by atoms with E-state index in [-0.39, 0.29) is 23.7 Å². The maximum atomic E-state index is 14.7. The van der Waals surface area contributed by atoms with Crippen LogP contribution in [0.2, 0.25) is 0 Å². The molecule has 42 heavy (non-hydrogen) atoms. The number of β-amino-alcohol motifs (C(OH)–C–C–N with tert-alkyl or cyclic N) is 1. The Labute approximate surface area is 249 Å². The van der Waals surface area contributed by atoms with Crippen molar-refractivity contribution in [2.24, 2.45) is 0 Å². The van der Waals surface area contributed by atoms with Crippen molar-refractivity contribution in [3.8, 4) is 27.6 Å². The molecule has 1 aromatic heterocycles. The highest BCUT2D eigenvalue weighted by atomic mass is 32.1. The molecule has 5 rings (SSSR count). The van der Waals surface area contributed by atoms with Crippen LogP contribution in [-0.2, 0) is 4.74 Å². The lowest BCUT2D eigenvalue weighted by Gasteiger charge is -2.26. The zero-order valence-corrected chi connectivity index (χ0v) is 24.9. The predicted octanol–water partition coefficient (Wildman–Crippen LogP) is 5.75. The van der Waals surface area contributed by atoms with Crippen LogP contribution in [0.5, 0.6) is 0 Å². The highest BCUT2D eigenvalue weighted by Crippen LogP contribution is 2.41. The van der Waals surface area contributed by atoms with Gasteiger partial charge in [0.1, 0.15) is 17.5 Å². The first-order chi connectivity index (χ1) is 20.0. The van der Waals surface area contributed by atoms with Crippen molar-refractivity contribution in [3.63, 3.8) is 0 Å². The lowest BCUT2D eigenvalue weighted by molar-refractivity contribution is 0.0255. The number of amides is 2. The van der Waals surface area contributed by atoms with Crippen LogP contribution in [0.4, 0.5) is 14.9 Å². The van der Waals surface area contributed by atoms with E-state index in [2.05, 4.69) is 4.90 Å². The van der Waals surface area contributed by atoms with Gasteiger partial charge in [0.05, 0.1) is 16.5 Å². The zero-order chi connectivity index (χ0) is 30.0. The quantitative estimate of drug-likeness (QED) is 0.416. The van der Waals surface area contributed by atoms with Gasteiger partial charge >= 0.3 is 6.09 Å². The molecule has 0 unspecified atom stereocenters. The fourth-order valence-electron chi connectivity index (χ4n) is 5.28. The number of nitrogens with zero attached hydrogens (tertiary/aromatic N) is 4. The molecule has 2 aliphatic rings. The maximum Gasteiger partial charge on any atom is 0.410 e. The van der Waals surface area contributed by atoms with Gasteiger partial charge in [-0.1, -0.05) is 18.2 Å². The second-order valence-corrected chi connectivity index (χ2v) is 12.8. The number of halogens is 1. The Morgan fingerprint density at radius 1 is 1.00 bits per heavy atom. The maximum absolute atomic E-state index is 14.7. The van der Waals surface area contributed by atoms with Gasteiger partial charge in [-0.25, -0.2) is 9.18 Å². The molecule has 1 N–H and O–H groups in total. The first kappa shape index (κ1) is 29.5. The van der Waals surface area contributed by atoms with Gasteiger partial charge in [0.2, 0.25) is 0 Å². The number of carbonyl (C=O) groups excluding carboxylic acids is 2. The molecule has 1 atom stereocenters. The highest BCUT2D eigenvalue weighted by Gasteiger charge is 2.28. The van der Waals surface area contributed by atoms with Gasteiger partial charge in [-0.3, -0.25) is 4.79 Å². The molecule has 0 aliphatic carbocycles. The van der Waals surface area contributed by atoms with E-state index < -0.39 is 11.4 Å². The highest BCUT2D eigenvalue weighted by molar-refractivity contribution is 7.18. The Hall–Kier alpha value is -3.94. The van der Waals surface area contributed by atoms with Crippen molar-refractivity contribution in [2.45, 2.75) is 45.3 Å². The van der Waals surface area contributed by atoms with E-state index >= 15 is 0 Å². The Balaban J connectivity index is 1.43. The number of carbonyl (C=O) groups is 2. The fourth-order valence-corrected chi connectivity index (χ4v) is 6.44. The smallest absolute Gasteiger partial charge is 0.410 e. The van der Waals surface area contributed by atoms with Gasteiger partial charge in [-0.2, -0.15) is 5.26 Å². The molecule has 2 aliphatic heterocycles. The second-order valence-electron chi connectivity index (χ2n) is 11.7. The third-order valence-electron chi connectivity index (χ3n) is 7.44. The number of rotatable bonds is 4. The Morgan fingerprint density at radius 3 is 2.33 bits per heavy atom. The summed E-state index contributed by atoms with van der Waals surface area (Å²) in [5.74, 6) is -0.756. The third-order valence-corrected chi connectivity index (χ3v) is 8.61. The molecule has 3 heterocycles. The van der Waals surface area contributed by atoms with E-state index in [9.17, 15) is 24.3 Å². The van der Waals surface area contributed by atoms with Crippen molar-refractivity contribution >= 4 is 29.0 Å². The normalized spacial score (nSPS) is 17.6. The lowest BCUT2D eigenvalue weighted by atomic mass is 10.0. The average Bonchev–Trinajstić information content (AvgIpc) is 3.51. The lowest BCUT2D eigenvalue weighted by Crippen LogP contribution is -2.40. The SMILES string of the molecule is CC(C)(C)OC(=O)N1CCCN(C(=O)c2cc(-c3ccc(C#N)c(F)c3)c(-c3ccc(N4CC[C@@H](O)C4)cc3)s2)CC1. The van der Waals surface area contributed by atoms with Crippen molar-refractivity contribution in [1.82, 2.24) is 9.80 Å². The molecule has 0 radical (unpaired) electrons. The van der Waals surface area contributed by atoms with Gasteiger partial charge in [0.15, 0.2) is 0 Å². The summed E-state index contributed by atoms with van der Waals surface area (Å²) in [5.41, 5.74) is 2.55. The number of aliphatic hydroxyl groups is 1. The molecular formula is C32H35FN4O4S. The molecule has 3 aromatic rings. The predicted molar refractivity (Wildman–Crippen MR) is 161 cm³/mol. The van der Waals surface area contributed by atoms with Gasteiger partial charge in [-0.15, -0.1) is 11.3 Å². The summed E-state index contributed by atoms with van der Waals surface area (Å²) in [4.78, 5) is 33.2. The Bertz CT molecular complexity index is 1510. The van der Waals surface area contributed by atoms with E-state index in [1.807, 2.05) is 51.1 Å². The summed E-state index contributed by atoms with van der Waals surface area (Å²) >= 11 is 1.35. The van der Waals surface area contributed by atoms with Crippen LogP contribution in [0.25, 0.3) is 21.6 Å². The number of thiophene rings is 1. The summed E-state index contributed by atoms with van der Waals surface area (Å²) in [5, 5.41) is 19.1. The van der Waals surface area contributed by atoms with Crippen LogP contribution in [-0.4, -0.2) is 77.9 Å². The molecule has 2 fully saturated rings. The van der Waals surface area contributed by atoms with Crippen LogP contribution in [0.15, 0.2) is 48.5 Å². The van der Waals surface area contributed by atoms with Crippen molar-refractivity contribution in [1.29, 1.82) is 5.26 Å². The largest absolute Gasteiger partial charge is 0.444 e.